The van der Waals surface area contributed by atoms with E-state index in [-0.39, 0.29) is 35.8 Å². The fraction of sp³-hybridized carbons (Fsp3) is 0.900. The highest BCUT2D eigenvalue weighted by Crippen LogP contribution is 2.04. The van der Waals surface area contributed by atoms with Gasteiger partial charge in [0.15, 0.2) is 0 Å². The van der Waals surface area contributed by atoms with Crippen LogP contribution >= 0.6 is 24.0 Å². The second-order valence-corrected chi connectivity index (χ2v) is 2.26. The summed E-state index contributed by atoms with van der Waals surface area (Å²) in [5.41, 5.74) is 0. The van der Waals surface area contributed by atoms with Crippen LogP contribution < -0.4 is 5.32 Å². The van der Waals surface area contributed by atoms with Crippen molar-refractivity contribution in [3.05, 3.63) is 0 Å². The van der Waals surface area contributed by atoms with E-state index in [2.05, 4.69) is 5.32 Å². The van der Waals surface area contributed by atoms with Crippen molar-refractivity contribution < 1.29 is 4.79 Å². The summed E-state index contributed by atoms with van der Waals surface area (Å²) in [4.78, 5) is 10.6. The summed E-state index contributed by atoms with van der Waals surface area (Å²) in [6.07, 6.45) is 2.19. The van der Waals surface area contributed by atoms with Crippen molar-refractivity contribution >= 4 is 29.8 Å². The first-order valence-corrected chi connectivity index (χ1v) is 5.04. The van der Waals surface area contributed by atoms with Crippen LogP contribution in [0.15, 0.2) is 0 Å². The first-order valence-electron chi connectivity index (χ1n) is 5.04. The fourth-order valence-electron chi connectivity index (χ4n) is 1.03. The molecule has 82 valence electrons. The lowest BCUT2D eigenvalue weighted by Gasteiger charge is -2.01. The van der Waals surface area contributed by atoms with E-state index in [1.807, 2.05) is 27.7 Å². The molecule has 0 amide bonds. The van der Waals surface area contributed by atoms with E-state index in [0.717, 1.165) is 19.4 Å². The van der Waals surface area contributed by atoms with Crippen LogP contribution in [-0.4, -0.2) is 18.4 Å². The van der Waals surface area contributed by atoms with Crippen LogP contribution in [-0.2, 0) is 4.79 Å². The molecule has 0 radical (unpaired) electrons. The molecule has 13 heavy (non-hydrogen) atoms. The van der Waals surface area contributed by atoms with Crippen molar-refractivity contribution in [2.75, 3.05) is 6.54 Å². The summed E-state index contributed by atoms with van der Waals surface area (Å²) < 4.78 is 0. The van der Waals surface area contributed by atoms with Crippen LogP contribution in [0.4, 0.5) is 0 Å². The van der Waals surface area contributed by atoms with E-state index in [0.29, 0.717) is 0 Å². The smallest absolute Gasteiger partial charge is 0.146 e. The number of hydrogen-bond donors (Lipinski definition) is 1. The van der Waals surface area contributed by atoms with Gasteiger partial charge in [0.2, 0.25) is 0 Å². The van der Waals surface area contributed by atoms with Crippen molar-refractivity contribution in [1.29, 1.82) is 0 Å². The minimum atomic E-state index is 0. The topological polar surface area (TPSA) is 29.1 Å². The zero-order chi connectivity index (χ0) is 9.98. The highest BCUT2D eigenvalue weighted by atomic mass is 127. The molecule has 1 aliphatic heterocycles. The molecular weight excluding hydrogens is 277 g/mol. The van der Waals surface area contributed by atoms with Crippen molar-refractivity contribution in [2.45, 2.75) is 53.5 Å². The predicted octanol–water partition coefficient (Wildman–Crippen LogP) is 3.00. The Morgan fingerprint density at radius 2 is 1.69 bits per heavy atom. The summed E-state index contributed by atoms with van der Waals surface area (Å²) in [6.45, 7) is 10.7. The Morgan fingerprint density at radius 3 is 1.85 bits per heavy atom. The summed E-state index contributed by atoms with van der Waals surface area (Å²) in [5, 5.41) is 3.11. The highest BCUT2D eigenvalue weighted by Gasteiger charge is 2.17. The Bertz CT molecular complexity index is 101. The molecule has 0 aliphatic carbocycles. The zero-order valence-corrected chi connectivity index (χ0v) is 11.8. The van der Waals surface area contributed by atoms with Crippen molar-refractivity contribution in [3.63, 3.8) is 0 Å². The van der Waals surface area contributed by atoms with Gasteiger partial charge in [-0.25, -0.2) is 0 Å². The predicted molar refractivity (Wildman–Crippen MR) is 69.8 cm³/mol. The van der Waals surface area contributed by atoms with E-state index in [1.54, 1.807) is 6.92 Å². The number of nitrogens with one attached hydrogen (secondary N) is 1. The Kier molecular flexibility index (Phi) is 21.7. The number of rotatable bonds is 1. The highest BCUT2D eigenvalue weighted by molar-refractivity contribution is 14.0. The summed E-state index contributed by atoms with van der Waals surface area (Å²) in [7, 11) is 0. The molecule has 0 saturated carbocycles. The van der Waals surface area contributed by atoms with Crippen molar-refractivity contribution in [3.8, 4) is 0 Å². The van der Waals surface area contributed by atoms with Gasteiger partial charge in [0.1, 0.15) is 5.78 Å². The Hall–Kier alpha value is 0.360. The second kappa shape index (κ2) is 14.9. The summed E-state index contributed by atoms with van der Waals surface area (Å²) in [6, 6.07) is 0.176. The number of carbonyl (C=O) groups excluding carboxylic acids is 1. The van der Waals surface area contributed by atoms with Crippen LogP contribution in [0.3, 0.4) is 0 Å². The van der Waals surface area contributed by atoms with Crippen molar-refractivity contribution in [1.82, 2.24) is 5.32 Å². The molecular formula is C10H24INO. The Labute approximate surface area is 99.9 Å². The lowest BCUT2D eigenvalue weighted by molar-refractivity contribution is -0.118. The average molecular weight is 301 g/mol. The van der Waals surface area contributed by atoms with Gasteiger partial charge in [0, 0.05) is 0 Å². The third-order valence-corrected chi connectivity index (χ3v) is 1.55. The maximum atomic E-state index is 10.6. The van der Waals surface area contributed by atoms with Gasteiger partial charge >= 0.3 is 0 Å². The molecule has 2 nitrogen and oxygen atoms in total. The average Bonchev–Trinajstić information content (AvgIpc) is 2.64. The largest absolute Gasteiger partial charge is 0.307 e. The molecule has 1 fully saturated rings. The van der Waals surface area contributed by atoms with Gasteiger partial charge < -0.3 is 5.32 Å². The van der Waals surface area contributed by atoms with E-state index >= 15 is 0 Å². The number of Topliss-reactive ketones (excluding diaryl/α,β-unsaturated/α-hetero) is 1. The zero-order valence-electron chi connectivity index (χ0n) is 9.52. The van der Waals surface area contributed by atoms with Gasteiger partial charge in [-0.15, -0.1) is 24.0 Å². The van der Waals surface area contributed by atoms with Crippen LogP contribution in [0, 0.1) is 0 Å². The Morgan fingerprint density at radius 1 is 1.23 bits per heavy atom. The van der Waals surface area contributed by atoms with Gasteiger partial charge in [-0.3, -0.25) is 4.79 Å². The lowest BCUT2D eigenvalue weighted by atomic mass is 10.2. The molecule has 0 spiro atoms. The normalized spacial score (nSPS) is 18.4. The quantitative estimate of drug-likeness (QED) is 0.754. The van der Waals surface area contributed by atoms with Gasteiger partial charge in [0.25, 0.3) is 0 Å². The molecule has 0 unspecified atom stereocenters. The third kappa shape index (κ3) is 10.3. The van der Waals surface area contributed by atoms with Crippen molar-refractivity contribution in [2.24, 2.45) is 0 Å². The molecule has 1 atom stereocenters. The van der Waals surface area contributed by atoms with Gasteiger partial charge in [-0.05, 0) is 26.3 Å². The standard InChI is InChI=1S/C6H11NO.2C2H6.HI/c1-5(8)6-3-2-4-7-6;2*1-2;/h6-7H,2-4H2,1H3;2*1-2H3;1H/t6-;;;/m0.../s1. The number of hydrogen-bond acceptors (Lipinski definition) is 2. The lowest BCUT2D eigenvalue weighted by Crippen LogP contribution is -2.28. The van der Waals surface area contributed by atoms with Crippen LogP contribution in [0.5, 0.6) is 0 Å². The van der Waals surface area contributed by atoms with Gasteiger partial charge in [0.05, 0.1) is 6.04 Å². The summed E-state index contributed by atoms with van der Waals surface area (Å²) in [5.74, 6) is 0.280. The van der Waals surface area contributed by atoms with E-state index in [9.17, 15) is 4.79 Å². The van der Waals surface area contributed by atoms with Gasteiger partial charge in [-0.2, -0.15) is 0 Å². The number of halogens is 1. The molecule has 1 N–H and O–H groups in total. The molecule has 0 bridgehead atoms. The minimum Gasteiger partial charge on any atom is -0.307 e. The monoisotopic (exact) mass is 301 g/mol. The summed E-state index contributed by atoms with van der Waals surface area (Å²) >= 11 is 0. The molecule has 0 aromatic heterocycles. The fourth-order valence-corrected chi connectivity index (χ4v) is 1.03. The molecule has 1 rings (SSSR count). The van der Waals surface area contributed by atoms with Gasteiger partial charge in [-0.1, -0.05) is 27.7 Å². The van der Waals surface area contributed by atoms with E-state index < -0.39 is 0 Å². The molecule has 1 saturated heterocycles. The maximum Gasteiger partial charge on any atom is 0.146 e. The molecule has 0 aromatic carbocycles. The molecule has 1 heterocycles. The SMILES string of the molecule is CC.CC.CC(=O)[C@@H]1CCCN1.I. The van der Waals surface area contributed by atoms with Crippen LogP contribution in [0.25, 0.3) is 0 Å². The Balaban J connectivity index is -0.000000178. The third-order valence-electron chi connectivity index (χ3n) is 1.55. The van der Waals surface area contributed by atoms with Crippen LogP contribution in [0.2, 0.25) is 0 Å². The van der Waals surface area contributed by atoms with Crippen LogP contribution in [0.1, 0.15) is 47.5 Å². The first-order chi connectivity index (χ1) is 5.80. The molecule has 1 aliphatic rings. The molecule has 0 aromatic rings. The maximum absolute atomic E-state index is 10.6. The first kappa shape index (κ1) is 19.0. The molecule has 3 heteroatoms. The van der Waals surface area contributed by atoms with E-state index in [4.69, 9.17) is 0 Å². The second-order valence-electron chi connectivity index (χ2n) is 2.26. The number of ketones is 1. The minimum absolute atomic E-state index is 0. The van der Waals surface area contributed by atoms with E-state index in [1.165, 1.54) is 0 Å². The number of carbonyl (C=O) groups is 1.